The largest absolute Gasteiger partial charge is 0.497 e. The summed E-state index contributed by atoms with van der Waals surface area (Å²) in [6, 6.07) is 7.76. The highest BCUT2D eigenvalue weighted by atomic mass is 16.5. The molecule has 0 aliphatic carbocycles. The first kappa shape index (κ1) is 13.1. The van der Waals surface area contributed by atoms with Crippen molar-refractivity contribution in [2.45, 2.75) is 18.6 Å². The molecule has 0 bridgehead atoms. The molecule has 1 N–H and O–H groups in total. The summed E-state index contributed by atoms with van der Waals surface area (Å²) in [6.07, 6.45) is 2.38. The van der Waals surface area contributed by atoms with Crippen LogP contribution in [-0.4, -0.2) is 55.6 Å². The van der Waals surface area contributed by atoms with E-state index in [0.717, 1.165) is 24.3 Å². The minimum atomic E-state index is -0.363. The molecule has 0 unspecified atom stereocenters. The summed E-state index contributed by atoms with van der Waals surface area (Å²) in [4.78, 5) is 6.61. The van der Waals surface area contributed by atoms with Crippen LogP contribution in [0.25, 0.3) is 0 Å². The van der Waals surface area contributed by atoms with E-state index in [2.05, 4.69) is 9.89 Å². The van der Waals surface area contributed by atoms with Gasteiger partial charge in [0.2, 0.25) is 0 Å². The normalized spacial score (nSPS) is 25.5. The van der Waals surface area contributed by atoms with E-state index in [1.54, 1.807) is 7.11 Å². The first-order valence-electron chi connectivity index (χ1n) is 6.23. The number of likely N-dealkylation sites (N-methyl/N-ethyl adjacent to an activating group) is 1. The summed E-state index contributed by atoms with van der Waals surface area (Å²) in [6.45, 7) is 1.69. The smallest absolute Gasteiger partial charge is 0.118 e. The number of piperidine rings is 1. The van der Waals surface area contributed by atoms with Crippen molar-refractivity contribution in [3.63, 3.8) is 0 Å². The van der Waals surface area contributed by atoms with Crippen molar-refractivity contribution < 1.29 is 9.84 Å². The zero-order chi connectivity index (χ0) is 13.0. The third kappa shape index (κ3) is 3.31. The highest BCUT2D eigenvalue weighted by Gasteiger charge is 2.24. The van der Waals surface area contributed by atoms with Crippen LogP contribution < -0.4 is 4.74 Å². The molecule has 18 heavy (non-hydrogen) atoms. The quantitative estimate of drug-likeness (QED) is 0.817. The molecule has 1 aliphatic heterocycles. The number of hydrogen-bond acceptors (Lipinski definition) is 4. The Labute approximate surface area is 108 Å². The summed E-state index contributed by atoms with van der Waals surface area (Å²) in [7, 11) is 3.67. The van der Waals surface area contributed by atoms with Crippen LogP contribution in [0.4, 0.5) is 0 Å². The standard InChI is InChI=1S/C14H20N2O2/c1-16-8-7-13(14(17)10-16)15-9-11-3-5-12(18-2)6-4-11/h3-6,9,13-14,17H,7-8,10H2,1-2H3/b15-9+/t13-,14-/m1/s1. The summed E-state index contributed by atoms with van der Waals surface area (Å²) in [5.74, 6) is 0.839. The van der Waals surface area contributed by atoms with Gasteiger partial charge in [-0.15, -0.1) is 0 Å². The number of likely N-dealkylation sites (tertiary alicyclic amines) is 1. The molecule has 0 saturated carbocycles. The zero-order valence-electron chi connectivity index (χ0n) is 10.9. The van der Waals surface area contributed by atoms with Crippen molar-refractivity contribution in [2.75, 3.05) is 27.2 Å². The zero-order valence-corrected chi connectivity index (χ0v) is 10.9. The van der Waals surface area contributed by atoms with Crippen LogP contribution in [0.5, 0.6) is 5.75 Å². The van der Waals surface area contributed by atoms with E-state index in [-0.39, 0.29) is 12.1 Å². The van der Waals surface area contributed by atoms with Gasteiger partial charge in [-0.05, 0) is 43.3 Å². The molecule has 1 fully saturated rings. The van der Waals surface area contributed by atoms with E-state index < -0.39 is 0 Å². The lowest BCUT2D eigenvalue weighted by atomic mass is 10.0. The molecule has 2 rings (SSSR count). The maximum atomic E-state index is 9.92. The molecule has 4 nitrogen and oxygen atoms in total. The summed E-state index contributed by atoms with van der Waals surface area (Å²) < 4.78 is 5.10. The molecular weight excluding hydrogens is 228 g/mol. The number of hydrogen-bond donors (Lipinski definition) is 1. The number of methoxy groups -OCH3 is 1. The van der Waals surface area contributed by atoms with Gasteiger partial charge in [-0.3, -0.25) is 4.99 Å². The number of rotatable bonds is 3. The predicted octanol–water partition coefficient (Wildman–Crippen LogP) is 1.18. The van der Waals surface area contributed by atoms with Gasteiger partial charge < -0.3 is 14.7 Å². The van der Waals surface area contributed by atoms with Gasteiger partial charge >= 0.3 is 0 Å². The van der Waals surface area contributed by atoms with E-state index in [1.807, 2.05) is 37.5 Å². The highest BCUT2D eigenvalue weighted by Crippen LogP contribution is 2.14. The molecule has 1 saturated heterocycles. The van der Waals surface area contributed by atoms with Crippen LogP contribution in [0, 0.1) is 0 Å². The first-order chi connectivity index (χ1) is 8.69. The molecule has 1 heterocycles. The molecule has 4 heteroatoms. The number of β-amino-alcohol motifs (C(OH)–C–C–N with tert-alkyl or cyclic N) is 1. The highest BCUT2D eigenvalue weighted by molar-refractivity contribution is 5.79. The number of benzene rings is 1. The van der Waals surface area contributed by atoms with Crippen LogP contribution >= 0.6 is 0 Å². The van der Waals surface area contributed by atoms with Crippen LogP contribution in [0.1, 0.15) is 12.0 Å². The van der Waals surface area contributed by atoms with Gasteiger partial charge in [0.15, 0.2) is 0 Å². The van der Waals surface area contributed by atoms with Crippen molar-refractivity contribution in [1.29, 1.82) is 0 Å². The molecule has 0 spiro atoms. The lowest BCUT2D eigenvalue weighted by molar-refractivity contribution is 0.0672. The van der Waals surface area contributed by atoms with E-state index in [4.69, 9.17) is 4.74 Å². The number of ether oxygens (including phenoxy) is 1. The van der Waals surface area contributed by atoms with Crippen molar-refractivity contribution in [3.8, 4) is 5.75 Å². The predicted molar refractivity (Wildman–Crippen MR) is 72.5 cm³/mol. The number of aliphatic hydroxyl groups excluding tert-OH is 1. The van der Waals surface area contributed by atoms with Crippen molar-refractivity contribution in [3.05, 3.63) is 29.8 Å². The second-order valence-corrected chi connectivity index (χ2v) is 4.74. The van der Waals surface area contributed by atoms with Crippen LogP contribution in [-0.2, 0) is 0 Å². The molecule has 1 aromatic rings. The molecular formula is C14H20N2O2. The fourth-order valence-corrected chi connectivity index (χ4v) is 2.12. The molecule has 1 aliphatic rings. The average molecular weight is 248 g/mol. The van der Waals surface area contributed by atoms with E-state index >= 15 is 0 Å². The molecule has 0 radical (unpaired) electrons. The van der Waals surface area contributed by atoms with Crippen molar-refractivity contribution in [2.24, 2.45) is 4.99 Å². The van der Waals surface area contributed by atoms with Gasteiger partial charge in [0.05, 0.1) is 19.3 Å². The van der Waals surface area contributed by atoms with Gasteiger partial charge in [0.25, 0.3) is 0 Å². The molecule has 0 aromatic heterocycles. The fraction of sp³-hybridized carbons (Fsp3) is 0.500. The summed E-state index contributed by atoms with van der Waals surface area (Å²) in [5.41, 5.74) is 1.03. The van der Waals surface area contributed by atoms with Crippen LogP contribution in [0.15, 0.2) is 29.3 Å². The van der Waals surface area contributed by atoms with Gasteiger partial charge in [0, 0.05) is 19.3 Å². The lowest BCUT2D eigenvalue weighted by Gasteiger charge is -2.31. The molecule has 98 valence electrons. The SMILES string of the molecule is COc1ccc(/C=N/[C@@H]2CCN(C)C[C@H]2O)cc1. The van der Waals surface area contributed by atoms with Gasteiger partial charge in [0.1, 0.15) is 5.75 Å². The van der Waals surface area contributed by atoms with E-state index in [0.29, 0.717) is 6.54 Å². The van der Waals surface area contributed by atoms with Gasteiger partial charge in [-0.1, -0.05) is 0 Å². The number of nitrogens with zero attached hydrogens (tertiary/aromatic N) is 2. The second-order valence-electron chi connectivity index (χ2n) is 4.74. The Hall–Kier alpha value is -1.39. The monoisotopic (exact) mass is 248 g/mol. The Kier molecular flexibility index (Phi) is 4.33. The Bertz CT molecular complexity index is 403. The Balaban J connectivity index is 1.97. The topological polar surface area (TPSA) is 45.1 Å². The summed E-state index contributed by atoms with van der Waals surface area (Å²) >= 11 is 0. The van der Waals surface area contributed by atoms with Crippen molar-refractivity contribution >= 4 is 6.21 Å². The third-order valence-corrected chi connectivity index (χ3v) is 3.28. The van der Waals surface area contributed by atoms with Crippen molar-refractivity contribution in [1.82, 2.24) is 4.90 Å². The van der Waals surface area contributed by atoms with E-state index in [1.165, 1.54) is 0 Å². The maximum Gasteiger partial charge on any atom is 0.118 e. The third-order valence-electron chi connectivity index (χ3n) is 3.28. The maximum absolute atomic E-state index is 9.92. The van der Waals surface area contributed by atoms with Gasteiger partial charge in [-0.25, -0.2) is 0 Å². The first-order valence-corrected chi connectivity index (χ1v) is 6.23. The minimum Gasteiger partial charge on any atom is -0.497 e. The van der Waals surface area contributed by atoms with E-state index in [9.17, 15) is 5.11 Å². The molecule has 2 atom stereocenters. The lowest BCUT2D eigenvalue weighted by Crippen LogP contribution is -2.44. The number of aliphatic hydroxyl groups is 1. The average Bonchev–Trinajstić information content (AvgIpc) is 2.38. The fourth-order valence-electron chi connectivity index (χ4n) is 2.12. The Morgan fingerprint density at radius 1 is 1.39 bits per heavy atom. The number of aliphatic imine (C=N–C) groups is 1. The second kappa shape index (κ2) is 5.98. The Morgan fingerprint density at radius 3 is 2.72 bits per heavy atom. The van der Waals surface area contributed by atoms with Crippen LogP contribution in [0.2, 0.25) is 0 Å². The van der Waals surface area contributed by atoms with Crippen LogP contribution in [0.3, 0.4) is 0 Å². The summed E-state index contributed by atoms with van der Waals surface area (Å²) in [5, 5.41) is 9.92. The molecule has 1 aromatic carbocycles. The minimum absolute atomic E-state index is 0.0169. The Morgan fingerprint density at radius 2 is 2.11 bits per heavy atom. The van der Waals surface area contributed by atoms with Gasteiger partial charge in [-0.2, -0.15) is 0 Å². The molecule has 0 amide bonds.